The Kier molecular flexibility index (Phi) is 5.08. The fraction of sp³-hybridized carbons (Fsp3) is 1.00. The van der Waals surface area contributed by atoms with Crippen LogP contribution in [0.1, 0.15) is 65.2 Å². The predicted octanol–water partition coefficient (Wildman–Crippen LogP) is 3.34. The number of aliphatic hydroxyl groups excluding tert-OH is 1. The van der Waals surface area contributed by atoms with Crippen LogP contribution in [0.25, 0.3) is 0 Å². The van der Waals surface area contributed by atoms with E-state index in [1.807, 2.05) is 0 Å². The zero-order chi connectivity index (χ0) is 13.0. The monoisotopic (exact) mass is 253 g/mol. The molecule has 0 aromatic rings. The van der Waals surface area contributed by atoms with Gasteiger partial charge in [-0.1, -0.05) is 33.1 Å². The number of hydrogen-bond acceptors (Lipinski definition) is 2. The fourth-order valence-corrected chi connectivity index (χ4v) is 4.17. The van der Waals surface area contributed by atoms with Crippen LogP contribution in [0.4, 0.5) is 0 Å². The van der Waals surface area contributed by atoms with E-state index >= 15 is 0 Å². The molecule has 106 valence electrons. The number of nitrogens with one attached hydrogen (secondary N) is 1. The lowest BCUT2D eigenvalue weighted by Crippen LogP contribution is -2.45. The zero-order valence-electron chi connectivity index (χ0n) is 12.3. The standard InChI is InChI=1S/C16H31NO/c1-13-8-14(2)10-15(9-13)17-11-16(12-18)6-4-3-5-7-16/h13-15,17-18H,3-12H2,1-2H3. The highest BCUT2D eigenvalue weighted by Gasteiger charge is 2.32. The van der Waals surface area contributed by atoms with E-state index in [0.29, 0.717) is 12.6 Å². The van der Waals surface area contributed by atoms with Gasteiger partial charge in [0.1, 0.15) is 0 Å². The van der Waals surface area contributed by atoms with Crippen LogP contribution in [0.15, 0.2) is 0 Å². The second kappa shape index (κ2) is 6.38. The average Bonchev–Trinajstić information content (AvgIpc) is 2.36. The molecule has 0 aromatic heterocycles. The summed E-state index contributed by atoms with van der Waals surface area (Å²) in [6.45, 7) is 6.17. The van der Waals surface area contributed by atoms with Gasteiger partial charge in [-0.2, -0.15) is 0 Å². The van der Waals surface area contributed by atoms with Gasteiger partial charge < -0.3 is 10.4 Å². The van der Waals surface area contributed by atoms with Crippen molar-refractivity contribution >= 4 is 0 Å². The van der Waals surface area contributed by atoms with Crippen LogP contribution in [0, 0.1) is 17.3 Å². The Bertz CT molecular complexity index is 237. The Morgan fingerprint density at radius 2 is 1.61 bits per heavy atom. The molecule has 2 aliphatic rings. The first-order valence-electron chi connectivity index (χ1n) is 7.98. The van der Waals surface area contributed by atoms with Crippen molar-refractivity contribution in [2.45, 2.75) is 71.3 Å². The summed E-state index contributed by atoms with van der Waals surface area (Å²) in [4.78, 5) is 0. The first-order valence-corrected chi connectivity index (χ1v) is 7.98. The molecule has 18 heavy (non-hydrogen) atoms. The SMILES string of the molecule is CC1CC(C)CC(NCC2(CO)CCCCC2)C1. The highest BCUT2D eigenvalue weighted by molar-refractivity contribution is 4.87. The Labute approximate surface area is 113 Å². The molecule has 0 bridgehead atoms. The third-order valence-corrected chi connectivity index (χ3v) is 5.19. The molecule has 2 saturated carbocycles. The van der Waals surface area contributed by atoms with Gasteiger partial charge in [-0.15, -0.1) is 0 Å². The van der Waals surface area contributed by atoms with E-state index in [4.69, 9.17) is 0 Å². The second-order valence-corrected chi connectivity index (χ2v) is 7.21. The molecule has 0 heterocycles. The van der Waals surface area contributed by atoms with E-state index in [-0.39, 0.29) is 5.41 Å². The third-order valence-electron chi connectivity index (χ3n) is 5.19. The van der Waals surface area contributed by atoms with Gasteiger partial charge in [-0.3, -0.25) is 0 Å². The summed E-state index contributed by atoms with van der Waals surface area (Å²) in [7, 11) is 0. The van der Waals surface area contributed by atoms with Crippen molar-refractivity contribution in [2.75, 3.05) is 13.2 Å². The molecule has 2 nitrogen and oxygen atoms in total. The molecule has 2 heteroatoms. The Balaban J connectivity index is 1.82. The summed E-state index contributed by atoms with van der Waals surface area (Å²) >= 11 is 0. The van der Waals surface area contributed by atoms with Crippen LogP contribution in [0.5, 0.6) is 0 Å². The molecule has 2 aliphatic carbocycles. The van der Waals surface area contributed by atoms with Crippen LogP contribution < -0.4 is 5.32 Å². The van der Waals surface area contributed by atoms with Crippen molar-refractivity contribution in [1.29, 1.82) is 0 Å². The highest BCUT2D eigenvalue weighted by Crippen LogP contribution is 2.36. The van der Waals surface area contributed by atoms with Crippen molar-refractivity contribution in [1.82, 2.24) is 5.32 Å². The van der Waals surface area contributed by atoms with Crippen LogP contribution in [-0.4, -0.2) is 24.3 Å². The zero-order valence-corrected chi connectivity index (χ0v) is 12.3. The molecule has 2 unspecified atom stereocenters. The van der Waals surface area contributed by atoms with E-state index < -0.39 is 0 Å². The minimum Gasteiger partial charge on any atom is -0.396 e. The molecule has 0 saturated heterocycles. The molecule has 0 aromatic carbocycles. The minimum absolute atomic E-state index is 0.197. The average molecular weight is 253 g/mol. The molecule has 0 spiro atoms. The maximum Gasteiger partial charge on any atom is 0.0499 e. The van der Waals surface area contributed by atoms with E-state index in [9.17, 15) is 5.11 Å². The summed E-state index contributed by atoms with van der Waals surface area (Å²) in [5.74, 6) is 1.73. The van der Waals surface area contributed by atoms with Gasteiger partial charge in [-0.05, 0) is 43.9 Å². The van der Waals surface area contributed by atoms with Gasteiger partial charge in [-0.25, -0.2) is 0 Å². The van der Waals surface area contributed by atoms with Crippen LogP contribution >= 0.6 is 0 Å². The molecule has 0 radical (unpaired) electrons. The van der Waals surface area contributed by atoms with Crippen molar-refractivity contribution in [3.05, 3.63) is 0 Å². The molecule has 0 amide bonds. The highest BCUT2D eigenvalue weighted by atomic mass is 16.3. The summed E-state index contributed by atoms with van der Waals surface area (Å²) in [5.41, 5.74) is 0.197. The van der Waals surface area contributed by atoms with Crippen molar-refractivity contribution in [3.63, 3.8) is 0 Å². The van der Waals surface area contributed by atoms with E-state index in [1.54, 1.807) is 0 Å². The van der Waals surface area contributed by atoms with Gasteiger partial charge in [0.15, 0.2) is 0 Å². The third kappa shape index (κ3) is 3.71. The van der Waals surface area contributed by atoms with E-state index in [2.05, 4.69) is 19.2 Å². The Morgan fingerprint density at radius 3 is 2.17 bits per heavy atom. The van der Waals surface area contributed by atoms with E-state index in [0.717, 1.165) is 18.4 Å². The lowest BCUT2D eigenvalue weighted by atomic mass is 9.74. The van der Waals surface area contributed by atoms with Gasteiger partial charge in [0.2, 0.25) is 0 Å². The van der Waals surface area contributed by atoms with E-state index in [1.165, 1.54) is 51.4 Å². The second-order valence-electron chi connectivity index (χ2n) is 7.21. The topological polar surface area (TPSA) is 32.3 Å². The first kappa shape index (κ1) is 14.3. The molecule has 2 rings (SSSR count). The van der Waals surface area contributed by atoms with Crippen LogP contribution in [0.2, 0.25) is 0 Å². The van der Waals surface area contributed by atoms with Crippen molar-refractivity contribution in [3.8, 4) is 0 Å². The lowest BCUT2D eigenvalue weighted by molar-refractivity contribution is 0.0737. The molecule has 0 aliphatic heterocycles. The van der Waals surface area contributed by atoms with Crippen LogP contribution in [-0.2, 0) is 0 Å². The van der Waals surface area contributed by atoms with Gasteiger partial charge in [0.05, 0.1) is 0 Å². The largest absolute Gasteiger partial charge is 0.396 e. The predicted molar refractivity (Wildman–Crippen MR) is 76.6 cm³/mol. The lowest BCUT2D eigenvalue weighted by Gasteiger charge is -2.39. The molecular weight excluding hydrogens is 222 g/mol. The quantitative estimate of drug-likeness (QED) is 0.805. The Hall–Kier alpha value is -0.0800. The minimum atomic E-state index is 0.197. The normalized spacial score (nSPS) is 36.5. The number of hydrogen-bond donors (Lipinski definition) is 2. The van der Waals surface area contributed by atoms with Crippen molar-refractivity contribution < 1.29 is 5.11 Å². The smallest absolute Gasteiger partial charge is 0.0499 e. The maximum atomic E-state index is 9.73. The van der Waals surface area contributed by atoms with Gasteiger partial charge >= 0.3 is 0 Å². The summed E-state index contributed by atoms with van der Waals surface area (Å²) in [6.07, 6.45) is 10.4. The molecule has 2 N–H and O–H groups in total. The van der Waals surface area contributed by atoms with Crippen molar-refractivity contribution in [2.24, 2.45) is 17.3 Å². The fourth-order valence-electron chi connectivity index (χ4n) is 4.17. The number of rotatable bonds is 4. The van der Waals surface area contributed by atoms with Gasteiger partial charge in [0, 0.05) is 24.6 Å². The molecular formula is C16H31NO. The molecule has 2 fully saturated rings. The summed E-state index contributed by atoms with van der Waals surface area (Å²) < 4.78 is 0. The maximum absolute atomic E-state index is 9.73. The first-order chi connectivity index (χ1) is 8.63. The number of aliphatic hydroxyl groups is 1. The Morgan fingerprint density at radius 1 is 1.00 bits per heavy atom. The van der Waals surface area contributed by atoms with Gasteiger partial charge in [0.25, 0.3) is 0 Å². The molecule has 2 atom stereocenters. The summed E-state index contributed by atoms with van der Waals surface area (Å²) in [5, 5.41) is 13.5. The summed E-state index contributed by atoms with van der Waals surface area (Å²) in [6, 6.07) is 0.689. The van der Waals surface area contributed by atoms with Crippen LogP contribution in [0.3, 0.4) is 0 Å².